The number of hydrogen-bond donors (Lipinski definition) is 1. The first-order chi connectivity index (χ1) is 14.8. The van der Waals surface area contributed by atoms with Crippen LogP contribution in [0.25, 0.3) is 0 Å². The Balaban J connectivity index is 1.79. The molecule has 0 atom stereocenters. The van der Waals surface area contributed by atoms with Gasteiger partial charge in [-0.25, -0.2) is 4.79 Å². The van der Waals surface area contributed by atoms with E-state index < -0.39 is 11.7 Å². The molecule has 2 aromatic rings. The lowest BCUT2D eigenvalue weighted by Gasteiger charge is -2.32. The topological polar surface area (TPSA) is 54.0 Å². The van der Waals surface area contributed by atoms with E-state index in [1.807, 2.05) is 39.0 Å². The molecule has 6 heteroatoms. The molecule has 3 rings (SSSR count). The number of amides is 1. The lowest BCUT2D eigenvalue weighted by Crippen LogP contribution is -2.41. The predicted octanol–water partition coefficient (Wildman–Crippen LogP) is 4.68. The van der Waals surface area contributed by atoms with E-state index in [4.69, 9.17) is 9.47 Å². The Kier molecular flexibility index (Phi) is 7.93. The van der Waals surface area contributed by atoms with Gasteiger partial charge in [0.15, 0.2) is 0 Å². The molecule has 0 aromatic heterocycles. The number of morpholine rings is 1. The fourth-order valence-electron chi connectivity index (χ4n) is 3.55. The van der Waals surface area contributed by atoms with Crippen molar-refractivity contribution in [1.29, 1.82) is 0 Å². The molecule has 1 saturated heterocycles. The minimum absolute atomic E-state index is 0.441. The van der Waals surface area contributed by atoms with Crippen molar-refractivity contribution in [3.8, 4) is 0 Å². The molecule has 0 spiro atoms. The Bertz CT molecular complexity index is 840. The van der Waals surface area contributed by atoms with E-state index in [9.17, 15) is 4.79 Å². The highest BCUT2D eigenvalue weighted by atomic mass is 16.6. The van der Waals surface area contributed by atoms with Crippen molar-refractivity contribution in [3.05, 3.63) is 59.7 Å². The molecule has 0 bridgehead atoms. The Hall–Kier alpha value is -2.57. The summed E-state index contributed by atoms with van der Waals surface area (Å²) in [5.41, 5.74) is 3.68. The van der Waals surface area contributed by atoms with Gasteiger partial charge in [0.2, 0.25) is 0 Å². The van der Waals surface area contributed by atoms with Crippen molar-refractivity contribution in [2.24, 2.45) is 0 Å². The number of ether oxygens (including phenoxy) is 2. The number of anilines is 2. The fourth-order valence-corrected chi connectivity index (χ4v) is 3.55. The number of para-hydroxylation sites is 2. The molecule has 0 saturated carbocycles. The first-order valence-electron chi connectivity index (χ1n) is 11.0. The van der Waals surface area contributed by atoms with E-state index in [0.717, 1.165) is 57.3 Å². The molecule has 6 nitrogen and oxygen atoms in total. The third-order valence-corrected chi connectivity index (χ3v) is 5.16. The van der Waals surface area contributed by atoms with Crippen LogP contribution in [-0.4, -0.2) is 56.0 Å². The number of nitrogens with zero attached hydrogens (tertiary/aromatic N) is 2. The molecule has 0 radical (unpaired) electrons. The molecule has 1 amide bonds. The number of carbonyl (C=O) groups is 1. The van der Waals surface area contributed by atoms with Crippen LogP contribution >= 0.6 is 0 Å². The van der Waals surface area contributed by atoms with E-state index in [2.05, 4.69) is 52.4 Å². The molecular formula is C25H35N3O3. The molecule has 0 aliphatic carbocycles. The molecule has 168 valence electrons. The van der Waals surface area contributed by atoms with Gasteiger partial charge in [0.25, 0.3) is 0 Å². The Labute approximate surface area is 186 Å². The summed E-state index contributed by atoms with van der Waals surface area (Å²) in [7, 11) is 0. The van der Waals surface area contributed by atoms with E-state index in [0.29, 0.717) is 0 Å². The average Bonchev–Trinajstić information content (AvgIpc) is 2.72. The summed E-state index contributed by atoms with van der Waals surface area (Å²) in [5, 5.41) is 2.94. The minimum atomic E-state index is -0.545. The normalized spacial score (nSPS) is 14.8. The van der Waals surface area contributed by atoms with Crippen molar-refractivity contribution < 1.29 is 14.3 Å². The predicted molar refractivity (Wildman–Crippen MR) is 126 cm³/mol. The molecule has 1 fully saturated rings. The Morgan fingerprint density at radius 1 is 1.10 bits per heavy atom. The van der Waals surface area contributed by atoms with Crippen LogP contribution in [0.3, 0.4) is 0 Å². The van der Waals surface area contributed by atoms with Gasteiger partial charge in [-0.3, -0.25) is 10.2 Å². The lowest BCUT2D eigenvalue weighted by molar-refractivity contribution is 0.0391. The first kappa shape index (κ1) is 23.1. The summed E-state index contributed by atoms with van der Waals surface area (Å²) >= 11 is 0. The van der Waals surface area contributed by atoms with Crippen molar-refractivity contribution in [2.45, 2.75) is 39.8 Å². The van der Waals surface area contributed by atoms with Crippen LogP contribution in [0.15, 0.2) is 48.5 Å². The zero-order chi connectivity index (χ0) is 22.3. The molecule has 0 unspecified atom stereocenters. The summed E-state index contributed by atoms with van der Waals surface area (Å²) in [6.07, 6.45) is -0.441. The summed E-state index contributed by atoms with van der Waals surface area (Å²) in [6, 6.07) is 16.5. The Morgan fingerprint density at radius 2 is 1.77 bits per heavy atom. The summed E-state index contributed by atoms with van der Waals surface area (Å²) in [5.74, 6) is 0. The maximum Gasteiger partial charge on any atom is 0.412 e. The van der Waals surface area contributed by atoms with Gasteiger partial charge < -0.3 is 14.4 Å². The number of aryl methyl sites for hydroxylation is 1. The lowest BCUT2D eigenvalue weighted by atomic mass is 10.1. The second-order valence-corrected chi connectivity index (χ2v) is 9.01. The minimum Gasteiger partial charge on any atom is -0.444 e. The third-order valence-electron chi connectivity index (χ3n) is 5.16. The van der Waals surface area contributed by atoms with Crippen LogP contribution in [0.5, 0.6) is 0 Å². The molecule has 1 aliphatic rings. The molecule has 1 aliphatic heterocycles. The zero-order valence-electron chi connectivity index (χ0n) is 19.2. The van der Waals surface area contributed by atoms with Crippen LogP contribution < -0.4 is 10.2 Å². The first-order valence-corrected chi connectivity index (χ1v) is 11.0. The SMILES string of the molecule is Cc1ccc(CN(CCN2CCOCC2)c2ccccc2NC(=O)OC(C)(C)C)cc1. The van der Waals surface area contributed by atoms with Gasteiger partial charge in [-0.1, -0.05) is 42.0 Å². The number of rotatable bonds is 7. The monoisotopic (exact) mass is 425 g/mol. The van der Waals surface area contributed by atoms with Gasteiger partial charge in [0.05, 0.1) is 24.6 Å². The number of carbonyl (C=O) groups excluding carboxylic acids is 1. The van der Waals surface area contributed by atoms with E-state index in [1.54, 1.807) is 0 Å². The van der Waals surface area contributed by atoms with Crippen molar-refractivity contribution in [3.63, 3.8) is 0 Å². The highest BCUT2D eigenvalue weighted by molar-refractivity contribution is 5.90. The second kappa shape index (κ2) is 10.6. The van der Waals surface area contributed by atoms with Crippen LogP contribution in [0.1, 0.15) is 31.9 Å². The van der Waals surface area contributed by atoms with E-state index in [1.165, 1.54) is 11.1 Å². The average molecular weight is 426 g/mol. The second-order valence-electron chi connectivity index (χ2n) is 9.01. The molecule has 2 aromatic carbocycles. The van der Waals surface area contributed by atoms with Crippen LogP contribution in [0.4, 0.5) is 16.2 Å². The largest absolute Gasteiger partial charge is 0.444 e. The maximum absolute atomic E-state index is 12.4. The van der Waals surface area contributed by atoms with Gasteiger partial charge >= 0.3 is 6.09 Å². The standard InChI is InChI=1S/C25H35N3O3/c1-20-9-11-21(12-10-20)19-28(14-13-27-15-17-30-18-16-27)23-8-6-5-7-22(23)26-24(29)31-25(2,3)4/h5-12H,13-19H2,1-4H3,(H,26,29). The Morgan fingerprint density at radius 3 is 2.45 bits per heavy atom. The van der Waals surface area contributed by atoms with Crippen molar-refractivity contribution in [1.82, 2.24) is 4.90 Å². The van der Waals surface area contributed by atoms with E-state index in [-0.39, 0.29) is 0 Å². The van der Waals surface area contributed by atoms with Crippen LogP contribution in [0.2, 0.25) is 0 Å². The number of benzene rings is 2. The maximum atomic E-state index is 12.4. The summed E-state index contributed by atoms with van der Waals surface area (Å²) < 4.78 is 11.0. The quantitative estimate of drug-likeness (QED) is 0.698. The van der Waals surface area contributed by atoms with Gasteiger partial charge in [-0.2, -0.15) is 0 Å². The summed E-state index contributed by atoms with van der Waals surface area (Å²) in [4.78, 5) is 17.2. The smallest absolute Gasteiger partial charge is 0.412 e. The molecule has 31 heavy (non-hydrogen) atoms. The third kappa shape index (κ3) is 7.56. The van der Waals surface area contributed by atoms with Gasteiger partial charge in [-0.15, -0.1) is 0 Å². The van der Waals surface area contributed by atoms with Crippen molar-refractivity contribution in [2.75, 3.05) is 49.6 Å². The molecule has 1 N–H and O–H groups in total. The fraction of sp³-hybridized carbons (Fsp3) is 0.480. The highest BCUT2D eigenvalue weighted by Crippen LogP contribution is 2.28. The van der Waals surface area contributed by atoms with E-state index >= 15 is 0 Å². The number of hydrogen-bond acceptors (Lipinski definition) is 5. The van der Waals surface area contributed by atoms with Gasteiger partial charge in [0.1, 0.15) is 5.60 Å². The van der Waals surface area contributed by atoms with Crippen molar-refractivity contribution >= 4 is 17.5 Å². The molecular weight excluding hydrogens is 390 g/mol. The van der Waals surface area contributed by atoms with Gasteiger partial charge in [-0.05, 0) is 45.4 Å². The molecule has 1 heterocycles. The van der Waals surface area contributed by atoms with Crippen LogP contribution in [-0.2, 0) is 16.0 Å². The summed E-state index contributed by atoms with van der Waals surface area (Å²) in [6.45, 7) is 13.7. The highest BCUT2D eigenvalue weighted by Gasteiger charge is 2.20. The zero-order valence-corrected chi connectivity index (χ0v) is 19.2. The van der Waals surface area contributed by atoms with Gasteiger partial charge in [0, 0.05) is 32.7 Å². The van der Waals surface area contributed by atoms with Crippen LogP contribution in [0, 0.1) is 6.92 Å². The number of nitrogens with one attached hydrogen (secondary N) is 1.